The van der Waals surface area contributed by atoms with Gasteiger partial charge in [-0.1, -0.05) is 0 Å². The van der Waals surface area contributed by atoms with Crippen molar-refractivity contribution in [3.63, 3.8) is 0 Å². The predicted octanol–water partition coefficient (Wildman–Crippen LogP) is 1.07. The number of ether oxygens (including phenoxy) is 1. The van der Waals surface area contributed by atoms with E-state index < -0.39 is 10.0 Å². The van der Waals surface area contributed by atoms with E-state index in [1.807, 2.05) is 0 Å². The lowest BCUT2D eigenvalue weighted by Gasteiger charge is -2.32. The molecule has 1 fully saturated rings. The van der Waals surface area contributed by atoms with Gasteiger partial charge in [-0.3, -0.25) is 9.78 Å². The van der Waals surface area contributed by atoms with Crippen LogP contribution in [0.3, 0.4) is 0 Å². The molecule has 0 unspecified atom stereocenters. The molecule has 0 bridgehead atoms. The van der Waals surface area contributed by atoms with Crippen LogP contribution in [0.4, 0.5) is 0 Å². The highest BCUT2D eigenvalue weighted by atomic mass is 32.2. The number of nitrogens with one attached hydrogen (secondary N) is 1. The number of piperidine rings is 1. The van der Waals surface area contributed by atoms with Crippen LogP contribution < -0.4 is 9.46 Å². The number of carbonyl (C=O) groups excluding carboxylic acids is 1. The Morgan fingerprint density at radius 1 is 1.19 bits per heavy atom. The molecule has 1 amide bonds. The molecule has 1 aliphatic heterocycles. The Morgan fingerprint density at radius 3 is 2.46 bits per heavy atom. The van der Waals surface area contributed by atoms with Crippen molar-refractivity contribution < 1.29 is 17.9 Å². The van der Waals surface area contributed by atoms with Gasteiger partial charge in [-0.15, -0.1) is 0 Å². The molecule has 9 heteroatoms. The van der Waals surface area contributed by atoms with E-state index in [4.69, 9.17) is 4.74 Å². The van der Waals surface area contributed by atoms with Crippen molar-refractivity contribution in [2.24, 2.45) is 0 Å². The molecule has 1 aromatic carbocycles. The normalized spacial score (nSPS) is 15.7. The summed E-state index contributed by atoms with van der Waals surface area (Å²) in [5, 5.41) is 0. The van der Waals surface area contributed by atoms with E-state index in [2.05, 4.69) is 14.7 Å². The second kappa shape index (κ2) is 7.79. The smallest absolute Gasteiger partial charge is 0.274 e. The molecule has 2 heterocycles. The van der Waals surface area contributed by atoms with Crippen LogP contribution in [0.1, 0.15) is 23.3 Å². The van der Waals surface area contributed by atoms with Gasteiger partial charge in [0.1, 0.15) is 11.4 Å². The lowest BCUT2D eigenvalue weighted by atomic mass is 10.1. The summed E-state index contributed by atoms with van der Waals surface area (Å²) in [5.41, 5.74) is 0.296. The third kappa shape index (κ3) is 4.17. The minimum Gasteiger partial charge on any atom is -0.497 e. The molecule has 0 radical (unpaired) electrons. The second-order valence-electron chi connectivity index (χ2n) is 5.95. The van der Waals surface area contributed by atoms with Crippen molar-refractivity contribution in [2.45, 2.75) is 23.8 Å². The maximum absolute atomic E-state index is 12.5. The van der Waals surface area contributed by atoms with Gasteiger partial charge in [0.15, 0.2) is 0 Å². The van der Waals surface area contributed by atoms with Crippen LogP contribution >= 0.6 is 0 Å². The van der Waals surface area contributed by atoms with Crippen molar-refractivity contribution in [3.05, 3.63) is 48.5 Å². The summed E-state index contributed by atoms with van der Waals surface area (Å²) in [7, 11) is -2.08. The van der Waals surface area contributed by atoms with Gasteiger partial charge >= 0.3 is 0 Å². The fourth-order valence-corrected chi connectivity index (χ4v) is 4.12. The number of nitrogens with zero attached hydrogens (tertiary/aromatic N) is 3. The van der Waals surface area contributed by atoms with Gasteiger partial charge in [-0.05, 0) is 37.1 Å². The molecule has 1 aliphatic rings. The van der Waals surface area contributed by atoms with Crippen molar-refractivity contribution in [1.82, 2.24) is 19.6 Å². The zero-order valence-corrected chi connectivity index (χ0v) is 15.1. The van der Waals surface area contributed by atoms with E-state index in [-0.39, 0.29) is 16.8 Å². The van der Waals surface area contributed by atoms with Gasteiger partial charge in [-0.25, -0.2) is 18.1 Å². The Hall–Kier alpha value is -2.52. The van der Waals surface area contributed by atoms with Crippen molar-refractivity contribution in [1.29, 1.82) is 0 Å². The van der Waals surface area contributed by atoms with E-state index in [9.17, 15) is 13.2 Å². The minimum atomic E-state index is -3.61. The minimum absolute atomic E-state index is 0.186. The molecule has 2 aromatic rings. The molecule has 3 rings (SSSR count). The second-order valence-corrected chi connectivity index (χ2v) is 7.67. The Balaban J connectivity index is 1.58. The zero-order valence-electron chi connectivity index (χ0n) is 14.3. The Labute approximate surface area is 152 Å². The summed E-state index contributed by atoms with van der Waals surface area (Å²) in [5.74, 6) is 0.411. The first-order chi connectivity index (χ1) is 12.5. The van der Waals surface area contributed by atoms with Crippen LogP contribution in [0.25, 0.3) is 0 Å². The van der Waals surface area contributed by atoms with Crippen molar-refractivity contribution >= 4 is 15.9 Å². The highest BCUT2D eigenvalue weighted by Crippen LogP contribution is 2.18. The number of sulfonamides is 1. The summed E-state index contributed by atoms with van der Waals surface area (Å²) < 4.78 is 32.7. The summed E-state index contributed by atoms with van der Waals surface area (Å²) in [6, 6.07) is 6.02. The van der Waals surface area contributed by atoms with E-state index >= 15 is 0 Å². The standard InChI is InChI=1S/C17H20N4O4S/c1-25-14-2-4-15(5-3-14)26(23,24)20-13-6-10-21(11-7-13)17(22)16-12-18-8-9-19-16/h2-5,8-9,12-13,20H,6-7,10-11H2,1H3. The van der Waals surface area contributed by atoms with E-state index in [0.717, 1.165) is 0 Å². The number of carbonyl (C=O) groups is 1. The van der Waals surface area contributed by atoms with Gasteiger partial charge < -0.3 is 9.64 Å². The molecule has 0 atom stereocenters. The maximum atomic E-state index is 12.5. The molecule has 0 aliphatic carbocycles. The van der Waals surface area contributed by atoms with Gasteiger partial charge in [0.2, 0.25) is 10.0 Å². The highest BCUT2D eigenvalue weighted by Gasteiger charge is 2.27. The lowest BCUT2D eigenvalue weighted by Crippen LogP contribution is -2.46. The number of methoxy groups -OCH3 is 1. The monoisotopic (exact) mass is 376 g/mol. The molecular weight excluding hydrogens is 356 g/mol. The van der Waals surface area contributed by atoms with Crippen LogP contribution in [0.5, 0.6) is 5.75 Å². The van der Waals surface area contributed by atoms with Crippen LogP contribution in [-0.4, -0.2) is 55.4 Å². The van der Waals surface area contributed by atoms with E-state index in [1.54, 1.807) is 17.0 Å². The van der Waals surface area contributed by atoms with Crippen molar-refractivity contribution in [3.8, 4) is 5.75 Å². The molecule has 1 aromatic heterocycles. The number of hydrogen-bond acceptors (Lipinski definition) is 6. The predicted molar refractivity (Wildman–Crippen MR) is 94.3 cm³/mol. The first-order valence-electron chi connectivity index (χ1n) is 8.21. The van der Waals surface area contributed by atoms with Gasteiger partial charge in [0.25, 0.3) is 5.91 Å². The van der Waals surface area contributed by atoms with Crippen LogP contribution in [0, 0.1) is 0 Å². The topological polar surface area (TPSA) is 101 Å². The number of amides is 1. The third-order valence-corrected chi connectivity index (χ3v) is 5.79. The summed E-state index contributed by atoms with van der Waals surface area (Å²) in [6.45, 7) is 0.927. The summed E-state index contributed by atoms with van der Waals surface area (Å²) in [4.78, 5) is 22.1. The Morgan fingerprint density at radius 2 is 1.88 bits per heavy atom. The van der Waals surface area contributed by atoms with Crippen LogP contribution in [-0.2, 0) is 10.0 Å². The van der Waals surface area contributed by atoms with Crippen LogP contribution in [0.2, 0.25) is 0 Å². The fourth-order valence-electron chi connectivity index (χ4n) is 2.81. The molecular formula is C17H20N4O4S. The molecule has 138 valence electrons. The van der Waals surface area contributed by atoms with E-state index in [0.29, 0.717) is 37.4 Å². The highest BCUT2D eigenvalue weighted by molar-refractivity contribution is 7.89. The fraction of sp³-hybridized carbons (Fsp3) is 0.353. The largest absolute Gasteiger partial charge is 0.497 e. The quantitative estimate of drug-likeness (QED) is 0.838. The van der Waals surface area contributed by atoms with Crippen molar-refractivity contribution in [2.75, 3.05) is 20.2 Å². The Kier molecular flexibility index (Phi) is 5.48. The average molecular weight is 376 g/mol. The first kappa shape index (κ1) is 18.3. The third-order valence-electron chi connectivity index (χ3n) is 4.26. The number of rotatable bonds is 5. The zero-order chi connectivity index (χ0) is 18.6. The maximum Gasteiger partial charge on any atom is 0.274 e. The molecule has 0 saturated carbocycles. The SMILES string of the molecule is COc1ccc(S(=O)(=O)NC2CCN(C(=O)c3cnccn3)CC2)cc1. The van der Waals surface area contributed by atoms with Gasteiger partial charge in [0.05, 0.1) is 18.2 Å². The number of benzene rings is 1. The number of likely N-dealkylation sites (tertiary alicyclic amines) is 1. The molecule has 8 nitrogen and oxygen atoms in total. The van der Waals surface area contributed by atoms with Gasteiger partial charge in [-0.2, -0.15) is 0 Å². The number of aromatic nitrogens is 2. The summed E-state index contributed by atoms with van der Waals surface area (Å²) in [6.07, 6.45) is 5.50. The van der Waals surface area contributed by atoms with E-state index in [1.165, 1.54) is 37.8 Å². The Bertz CT molecular complexity index is 848. The summed E-state index contributed by atoms with van der Waals surface area (Å²) >= 11 is 0. The number of hydrogen-bond donors (Lipinski definition) is 1. The molecule has 26 heavy (non-hydrogen) atoms. The molecule has 0 spiro atoms. The lowest BCUT2D eigenvalue weighted by molar-refractivity contribution is 0.0705. The van der Waals surface area contributed by atoms with Gasteiger partial charge in [0, 0.05) is 31.5 Å². The average Bonchev–Trinajstić information content (AvgIpc) is 2.68. The molecule has 1 saturated heterocycles. The molecule has 1 N–H and O–H groups in total. The van der Waals surface area contributed by atoms with Crippen LogP contribution in [0.15, 0.2) is 47.8 Å². The first-order valence-corrected chi connectivity index (χ1v) is 9.69.